The highest BCUT2D eigenvalue weighted by Gasteiger charge is 2.09. The van der Waals surface area contributed by atoms with Gasteiger partial charge in [0.25, 0.3) is 5.91 Å². The molecule has 0 spiro atoms. The molecule has 0 aliphatic carbocycles. The van der Waals surface area contributed by atoms with Gasteiger partial charge in [-0.2, -0.15) is 0 Å². The van der Waals surface area contributed by atoms with E-state index in [1.807, 2.05) is 48.7 Å². The van der Waals surface area contributed by atoms with E-state index in [0.717, 1.165) is 23.1 Å². The summed E-state index contributed by atoms with van der Waals surface area (Å²) in [6.07, 6.45) is 3.70. The molecule has 0 unspecified atom stereocenters. The van der Waals surface area contributed by atoms with Crippen molar-refractivity contribution in [2.45, 2.75) is 13.1 Å². The van der Waals surface area contributed by atoms with Crippen LogP contribution >= 0.6 is 0 Å². The zero-order valence-corrected chi connectivity index (χ0v) is 14.1. The third-order valence-electron chi connectivity index (χ3n) is 3.86. The van der Waals surface area contributed by atoms with Crippen LogP contribution in [-0.4, -0.2) is 35.8 Å². The molecule has 1 N–H and O–H groups in total. The first-order valence-electron chi connectivity index (χ1n) is 8.14. The molecule has 0 aliphatic rings. The number of methoxy groups -OCH3 is 1. The highest BCUT2D eigenvalue weighted by atomic mass is 16.5. The minimum Gasteiger partial charge on any atom is -0.483 e. The molecule has 0 fully saturated rings. The number of aromatic nitrogens is 2. The smallest absolute Gasteiger partial charge is 0.258 e. The molecule has 25 heavy (non-hydrogen) atoms. The maximum atomic E-state index is 12.0. The molecule has 3 aromatic rings. The summed E-state index contributed by atoms with van der Waals surface area (Å²) in [4.78, 5) is 16.2. The Morgan fingerprint density at radius 2 is 2.12 bits per heavy atom. The zero-order chi connectivity index (χ0) is 17.5. The molecule has 0 aliphatic heterocycles. The van der Waals surface area contributed by atoms with E-state index < -0.39 is 0 Å². The quantitative estimate of drug-likeness (QED) is 0.684. The molecule has 3 rings (SSSR count). The number of hydrogen-bond donors (Lipinski definition) is 1. The van der Waals surface area contributed by atoms with Crippen LogP contribution in [0.5, 0.6) is 5.75 Å². The fourth-order valence-electron chi connectivity index (χ4n) is 2.59. The lowest BCUT2D eigenvalue weighted by molar-refractivity contribution is -0.123. The van der Waals surface area contributed by atoms with E-state index in [2.05, 4.69) is 14.9 Å². The molecule has 6 heteroatoms. The normalized spacial score (nSPS) is 10.8. The van der Waals surface area contributed by atoms with E-state index >= 15 is 0 Å². The first kappa shape index (κ1) is 17.0. The van der Waals surface area contributed by atoms with E-state index in [-0.39, 0.29) is 12.5 Å². The lowest BCUT2D eigenvalue weighted by Gasteiger charge is -2.09. The zero-order valence-electron chi connectivity index (χ0n) is 14.1. The number of nitrogens with zero attached hydrogens (tertiary/aromatic N) is 2. The molecule has 0 atom stereocenters. The number of pyridine rings is 1. The monoisotopic (exact) mass is 339 g/mol. The first-order chi connectivity index (χ1) is 12.3. The van der Waals surface area contributed by atoms with Gasteiger partial charge < -0.3 is 19.4 Å². The largest absolute Gasteiger partial charge is 0.483 e. The molecule has 1 amide bonds. The summed E-state index contributed by atoms with van der Waals surface area (Å²) >= 11 is 0. The number of fused-ring (bicyclic) bond motifs is 1. The molecule has 0 radical (unpaired) electrons. The predicted molar refractivity (Wildman–Crippen MR) is 95.4 cm³/mol. The highest BCUT2D eigenvalue weighted by molar-refractivity contribution is 5.87. The second-order valence-corrected chi connectivity index (χ2v) is 5.58. The molecule has 2 heterocycles. The molecule has 0 saturated carbocycles. The molecule has 6 nitrogen and oxygen atoms in total. The topological polar surface area (TPSA) is 65.4 Å². The van der Waals surface area contributed by atoms with Crippen LogP contribution in [0.4, 0.5) is 0 Å². The van der Waals surface area contributed by atoms with Crippen molar-refractivity contribution in [2.75, 3.05) is 20.3 Å². The summed E-state index contributed by atoms with van der Waals surface area (Å²) in [6, 6.07) is 13.4. The van der Waals surface area contributed by atoms with Gasteiger partial charge in [-0.15, -0.1) is 0 Å². The van der Waals surface area contributed by atoms with Gasteiger partial charge in [0.05, 0.1) is 24.4 Å². The summed E-state index contributed by atoms with van der Waals surface area (Å²) in [6.45, 7) is 1.77. The highest BCUT2D eigenvalue weighted by Crippen LogP contribution is 2.26. The average molecular weight is 339 g/mol. The average Bonchev–Trinajstić information content (AvgIpc) is 3.07. The maximum Gasteiger partial charge on any atom is 0.258 e. The Hall–Kier alpha value is -2.86. The van der Waals surface area contributed by atoms with Crippen molar-refractivity contribution in [1.29, 1.82) is 0 Å². The SMILES string of the molecule is COCCn1ccc2c(OCC(=O)NCc3ccccn3)cccc21. The van der Waals surface area contributed by atoms with Crippen LogP contribution in [0.2, 0.25) is 0 Å². The Kier molecular flexibility index (Phi) is 5.64. The third kappa shape index (κ3) is 4.36. The third-order valence-corrected chi connectivity index (χ3v) is 3.86. The Balaban J connectivity index is 1.59. The second-order valence-electron chi connectivity index (χ2n) is 5.58. The summed E-state index contributed by atoms with van der Waals surface area (Å²) < 4.78 is 12.9. The van der Waals surface area contributed by atoms with Gasteiger partial charge in [-0.3, -0.25) is 9.78 Å². The predicted octanol–water partition coefficient (Wildman–Crippen LogP) is 2.38. The molecule has 2 aromatic heterocycles. The minimum atomic E-state index is -0.179. The van der Waals surface area contributed by atoms with Gasteiger partial charge in [0.15, 0.2) is 6.61 Å². The van der Waals surface area contributed by atoms with Crippen molar-refractivity contribution in [2.24, 2.45) is 0 Å². The molecule has 1 aromatic carbocycles. The number of amides is 1. The van der Waals surface area contributed by atoms with Crippen LogP contribution in [0.25, 0.3) is 10.9 Å². The van der Waals surface area contributed by atoms with Crippen LogP contribution in [-0.2, 0) is 22.6 Å². The maximum absolute atomic E-state index is 12.0. The van der Waals surface area contributed by atoms with Crippen molar-refractivity contribution in [3.8, 4) is 5.75 Å². The number of hydrogen-bond acceptors (Lipinski definition) is 4. The van der Waals surface area contributed by atoms with Crippen LogP contribution in [0.3, 0.4) is 0 Å². The van der Waals surface area contributed by atoms with Crippen molar-refractivity contribution in [1.82, 2.24) is 14.9 Å². The summed E-state index contributed by atoms with van der Waals surface area (Å²) in [5, 5.41) is 3.78. The van der Waals surface area contributed by atoms with Crippen LogP contribution in [0.1, 0.15) is 5.69 Å². The van der Waals surface area contributed by atoms with Gasteiger partial charge in [0.2, 0.25) is 0 Å². The van der Waals surface area contributed by atoms with Gasteiger partial charge in [-0.25, -0.2) is 0 Å². The van der Waals surface area contributed by atoms with Crippen molar-refractivity contribution < 1.29 is 14.3 Å². The van der Waals surface area contributed by atoms with Crippen molar-refractivity contribution in [3.05, 3.63) is 60.6 Å². The summed E-state index contributed by atoms with van der Waals surface area (Å²) in [5.74, 6) is 0.517. The summed E-state index contributed by atoms with van der Waals surface area (Å²) in [5.41, 5.74) is 1.87. The molecular formula is C19H21N3O3. The van der Waals surface area contributed by atoms with E-state index in [0.29, 0.717) is 18.9 Å². The van der Waals surface area contributed by atoms with Crippen molar-refractivity contribution in [3.63, 3.8) is 0 Å². The number of nitrogens with one attached hydrogen (secondary N) is 1. The lowest BCUT2D eigenvalue weighted by atomic mass is 10.2. The number of ether oxygens (including phenoxy) is 2. The molecule has 130 valence electrons. The van der Waals surface area contributed by atoms with Crippen LogP contribution in [0, 0.1) is 0 Å². The van der Waals surface area contributed by atoms with Crippen LogP contribution < -0.4 is 10.1 Å². The number of carbonyl (C=O) groups excluding carboxylic acids is 1. The van der Waals surface area contributed by atoms with Gasteiger partial charge in [-0.05, 0) is 30.3 Å². The second kappa shape index (κ2) is 8.30. The van der Waals surface area contributed by atoms with Gasteiger partial charge in [0.1, 0.15) is 5.75 Å². The molecular weight excluding hydrogens is 318 g/mol. The summed E-state index contributed by atoms with van der Waals surface area (Å²) in [7, 11) is 1.68. The van der Waals surface area contributed by atoms with Gasteiger partial charge in [0, 0.05) is 31.4 Å². The Morgan fingerprint density at radius 3 is 2.92 bits per heavy atom. The first-order valence-corrected chi connectivity index (χ1v) is 8.14. The standard InChI is InChI=1S/C19H21N3O3/c1-24-12-11-22-10-8-16-17(22)6-4-7-18(16)25-14-19(23)21-13-15-5-2-3-9-20-15/h2-10H,11-14H2,1H3,(H,21,23). The van der Waals surface area contributed by atoms with E-state index in [9.17, 15) is 4.79 Å². The van der Waals surface area contributed by atoms with Gasteiger partial charge >= 0.3 is 0 Å². The fourth-order valence-corrected chi connectivity index (χ4v) is 2.59. The fraction of sp³-hybridized carbons (Fsp3) is 0.263. The Labute approximate surface area is 146 Å². The molecule has 0 saturated heterocycles. The Morgan fingerprint density at radius 1 is 1.20 bits per heavy atom. The van der Waals surface area contributed by atoms with E-state index in [1.165, 1.54) is 0 Å². The van der Waals surface area contributed by atoms with Crippen molar-refractivity contribution >= 4 is 16.8 Å². The minimum absolute atomic E-state index is 0.0325. The molecule has 0 bridgehead atoms. The van der Waals surface area contributed by atoms with Gasteiger partial charge in [-0.1, -0.05) is 12.1 Å². The number of carbonyl (C=O) groups is 1. The number of rotatable bonds is 8. The van der Waals surface area contributed by atoms with Crippen LogP contribution in [0.15, 0.2) is 54.9 Å². The number of benzene rings is 1. The Bertz CT molecular complexity index is 830. The van der Waals surface area contributed by atoms with E-state index in [4.69, 9.17) is 9.47 Å². The lowest BCUT2D eigenvalue weighted by Crippen LogP contribution is -2.28. The van der Waals surface area contributed by atoms with E-state index in [1.54, 1.807) is 13.3 Å².